The van der Waals surface area contributed by atoms with E-state index in [1.807, 2.05) is 17.5 Å². The van der Waals surface area contributed by atoms with Gasteiger partial charge in [0.15, 0.2) is 0 Å². The van der Waals surface area contributed by atoms with E-state index in [0.29, 0.717) is 9.23 Å². The van der Waals surface area contributed by atoms with Crippen molar-refractivity contribution in [2.45, 2.75) is 6.42 Å². The first-order chi connectivity index (χ1) is 8.58. The van der Waals surface area contributed by atoms with Gasteiger partial charge in [-0.1, -0.05) is 30.0 Å². The minimum absolute atomic E-state index is 0.0643. The van der Waals surface area contributed by atoms with Crippen LogP contribution in [0.25, 0.3) is 6.08 Å². The maximum Gasteiger partial charge on any atom is 0.266 e. The fourth-order valence-electron chi connectivity index (χ4n) is 1.40. The van der Waals surface area contributed by atoms with E-state index in [1.54, 1.807) is 6.08 Å². The van der Waals surface area contributed by atoms with E-state index in [4.69, 9.17) is 12.2 Å². The summed E-state index contributed by atoms with van der Waals surface area (Å²) in [6.07, 6.45) is 1.56. The molecule has 1 aromatic rings. The monoisotopic (exact) mass is 298 g/mol. The standard InChI is InChI=1S/C11H9NO3S3/c13-9(14)3-4-12-10(15)8(18-11(12)16)6-7-2-1-5-17-7/h1-2,5-6H,3-4H2,(H,13,14)/p-1. The van der Waals surface area contributed by atoms with Gasteiger partial charge in [0.1, 0.15) is 4.32 Å². The highest BCUT2D eigenvalue weighted by molar-refractivity contribution is 8.26. The van der Waals surface area contributed by atoms with Crippen molar-refractivity contribution in [3.05, 3.63) is 27.3 Å². The molecule has 1 saturated heterocycles. The molecular weight excluding hydrogens is 290 g/mol. The van der Waals surface area contributed by atoms with Crippen molar-refractivity contribution in [2.75, 3.05) is 6.54 Å². The Bertz CT molecular complexity index is 522. The van der Waals surface area contributed by atoms with Crippen molar-refractivity contribution in [3.63, 3.8) is 0 Å². The average molecular weight is 298 g/mol. The average Bonchev–Trinajstić information content (AvgIpc) is 2.88. The lowest BCUT2D eigenvalue weighted by Crippen LogP contribution is -2.33. The zero-order valence-electron chi connectivity index (χ0n) is 9.12. The molecule has 2 rings (SSSR count). The Morgan fingerprint density at radius 2 is 2.33 bits per heavy atom. The van der Waals surface area contributed by atoms with E-state index in [1.165, 1.54) is 28.0 Å². The summed E-state index contributed by atoms with van der Waals surface area (Å²) in [7, 11) is 0. The van der Waals surface area contributed by atoms with E-state index in [2.05, 4.69) is 0 Å². The highest BCUT2D eigenvalue weighted by atomic mass is 32.2. The number of thioether (sulfide) groups is 1. The van der Waals surface area contributed by atoms with Gasteiger partial charge in [0.2, 0.25) is 0 Å². The molecule has 0 aliphatic carbocycles. The molecule has 2 heterocycles. The largest absolute Gasteiger partial charge is 0.550 e. The van der Waals surface area contributed by atoms with Crippen molar-refractivity contribution in [2.24, 2.45) is 0 Å². The second kappa shape index (κ2) is 5.64. The van der Waals surface area contributed by atoms with Crippen LogP contribution in [0.3, 0.4) is 0 Å². The fraction of sp³-hybridized carbons (Fsp3) is 0.182. The zero-order chi connectivity index (χ0) is 13.1. The Hall–Kier alpha value is -1.18. The number of carboxylic acid groups (broad SMARTS) is 1. The molecule has 4 nitrogen and oxygen atoms in total. The van der Waals surface area contributed by atoms with Crippen LogP contribution < -0.4 is 5.11 Å². The zero-order valence-corrected chi connectivity index (χ0v) is 11.6. The second-order valence-corrected chi connectivity index (χ2v) is 6.13. The van der Waals surface area contributed by atoms with E-state index in [-0.39, 0.29) is 18.9 Å². The van der Waals surface area contributed by atoms with E-state index in [9.17, 15) is 14.7 Å². The maximum atomic E-state index is 12.0. The third-order valence-electron chi connectivity index (χ3n) is 2.23. The van der Waals surface area contributed by atoms with Crippen molar-refractivity contribution in [3.8, 4) is 0 Å². The third kappa shape index (κ3) is 2.98. The number of carbonyl (C=O) groups is 2. The summed E-state index contributed by atoms with van der Waals surface area (Å²) in [5.41, 5.74) is 0. The van der Waals surface area contributed by atoms with Crippen LogP contribution in [-0.2, 0) is 9.59 Å². The van der Waals surface area contributed by atoms with Gasteiger partial charge in [-0.25, -0.2) is 0 Å². The maximum absolute atomic E-state index is 12.0. The van der Waals surface area contributed by atoms with Gasteiger partial charge in [-0.15, -0.1) is 11.3 Å². The van der Waals surface area contributed by atoms with Gasteiger partial charge in [-0.3, -0.25) is 9.69 Å². The molecule has 18 heavy (non-hydrogen) atoms. The molecule has 94 valence electrons. The normalized spacial score (nSPS) is 17.8. The smallest absolute Gasteiger partial charge is 0.266 e. The van der Waals surface area contributed by atoms with E-state index < -0.39 is 5.97 Å². The van der Waals surface area contributed by atoms with E-state index >= 15 is 0 Å². The van der Waals surface area contributed by atoms with Crippen LogP contribution in [0.5, 0.6) is 0 Å². The minimum Gasteiger partial charge on any atom is -0.550 e. The summed E-state index contributed by atoms with van der Waals surface area (Å²) in [5.74, 6) is -1.43. The Balaban J connectivity index is 2.11. The summed E-state index contributed by atoms with van der Waals surface area (Å²) < 4.78 is 0.393. The van der Waals surface area contributed by atoms with Crippen LogP contribution in [-0.4, -0.2) is 27.6 Å². The molecule has 0 aromatic carbocycles. The van der Waals surface area contributed by atoms with Gasteiger partial charge < -0.3 is 9.90 Å². The van der Waals surface area contributed by atoms with Gasteiger partial charge in [0, 0.05) is 23.8 Å². The van der Waals surface area contributed by atoms with Crippen LogP contribution in [0.15, 0.2) is 22.4 Å². The van der Waals surface area contributed by atoms with Gasteiger partial charge in [0.25, 0.3) is 5.91 Å². The number of thiophene rings is 1. The number of hydrogen-bond acceptors (Lipinski definition) is 6. The lowest BCUT2D eigenvalue weighted by molar-refractivity contribution is -0.305. The van der Waals surface area contributed by atoms with Crippen molar-refractivity contribution in [1.29, 1.82) is 0 Å². The van der Waals surface area contributed by atoms with Crippen LogP contribution in [0.2, 0.25) is 0 Å². The molecule has 1 amide bonds. The third-order valence-corrected chi connectivity index (χ3v) is 4.43. The Labute approximate surface area is 117 Å². The molecule has 0 atom stereocenters. The highest BCUT2D eigenvalue weighted by Gasteiger charge is 2.31. The highest BCUT2D eigenvalue weighted by Crippen LogP contribution is 2.33. The Morgan fingerprint density at radius 3 is 2.94 bits per heavy atom. The summed E-state index contributed by atoms with van der Waals surface area (Å²) in [6.45, 7) is 0.0643. The van der Waals surface area contributed by atoms with Crippen molar-refractivity contribution in [1.82, 2.24) is 4.90 Å². The van der Waals surface area contributed by atoms with Gasteiger partial charge in [-0.2, -0.15) is 0 Å². The van der Waals surface area contributed by atoms with Gasteiger partial charge >= 0.3 is 0 Å². The first-order valence-electron chi connectivity index (χ1n) is 5.06. The van der Waals surface area contributed by atoms with Crippen LogP contribution >= 0.6 is 35.3 Å². The molecule has 0 N–H and O–H groups in total. The molecular formula is C11H8NO3S3-. The molecule has 0 bridgehead atoms. The van der Waals surface area contributed by atoms with Crippen LogP contribution in [0.4, 0.5) is 0 Å². The van der Waals surface area contributed by atoms with Crippen molar-refractivity contribution < 1.29 is 14.7 Å². The first kappa shape index (κ1) is 13.3. The number of carboxylic acids is 1. The second-order valence-electron chi connectivity index (χ2n) is 3.47. The number of aliphatic carboxylic acids is 1. The molecule has 0 saturated carbocycles. The SMILES string of the molecule is O=C([O-])CCN1C(=O)C(=Cc2cccs2)SC1=S. The predicted molar refractivity (Wildman–Crippen MR) is 73.8 cm³/mol. The van der Waals surface area contributed by atoms with Crippen LogP contribution in [0.1, 0.15) is 11.3 Å². The minimum atomic E-state index is -1.19. The molecule has 7 heteroatoms. The number of thiocarbonyl (C=S) groups is 1. The predicted octanol–water partition coefficient (Wildman–Crippen LogP) is 1.09. The number of rotatable bonds is 4. The molecule has 1 aliphatic rings. The van der Waals surface area contributed by atoms with E-state index in [0.717, 1.165) is 4.88 Å². The molecule has 1 fully saturated rings. The summed E-state index contributed by atoms with van der Waals surface area (Å²) >= 11 is 7.78. The lowest BCUT2D eigenvalue weighted by atomic mass is 10.3. The number of amides is 1. The Kier molecular flexibility index (Phi) is 4.15. The lowest BCUT2D eigenvalue weighted by Gasteiger charge is -2.14. The summed E-state index contributed by atoms with van der Waals surface area (Å²) in [4.78, 5) is 25.2. The number of nitrogens with zero attached hydrogens (tertiary/aromatic N) is 1. The Morgan fingerprint density at radius 1 is 1.56 bits per heavy atom. The first-order valence-corrected chi connectivity index (χ1v) is 7.17. The van der Waals surface area contributed by atoms with Crippen molar-refractivity contribution >= 4 is 57.6 Å². The van der Waals surface area contributed by atoms with Gasteiger partial charge in [0.05, 0.1) is 4.91 Å². The number of carbonyl (C=O) groups excluding carboxylic acids is 2. The summed E-state index contributed by atoms with van der Waals surface area (Å²) in [5, 5.41) is 12.3. The molecule has 0 spiro atoms. The topological polar surface area (TPSA) is 60.4 Å². The summed E-state index contributed by atoms with van der Waals surface area (Å²) in [6, 6.07) is 3.80. The molecule has 0 unspecified atom stereocenters. The van der Waals surface area contributed by atoms with Gasteiger partial charge in [-0.05, 0) is 17.5 Å². The fourth-order valence-corrected chi connectivity index (χ4v) is 3.43. The van der Waals surface area contributed by atoms with Crippen LogP contribution in [0, 0.1) is 0 Å². The molecule has 1 aliphatic heterocycles. The number of hydrogen-bond donors (Lipinski definition) is 0. The quantitative estimate of drug-likeness (QED) is 0.615. The molecule has 0 radical (unpaired) electrons. The molecule has 1 aromatic heterocycles.